The first kappa shape index (κ1) is 9.00. The molecule has 64 valence electrons. The Bertz CT molecular complexity index is 142. The summed E-state index contributed by atoms with van der Waals surface area (Å²) in [5.41, 5.74) is 0. The maximum atomic E-state index is 11.6. The number of thioether (sulfide) groups is 1. The number of hydrogen-bond donors (Lipinski definition) is 1. The molecule has 1 N–H and O–H groups in total. The lowest BCUT2D eigenvalue weighted by atomic mass is 10.2. The van der Waals surface area contributed by atoms with Gasteiger partial charge in [0.1, 0.15) is 0 Å². The zero-order chi connectivity index (χ0) is 8.10. The van der Waals surface area contributed by atoms with Crippen LogP contribution in [-0.2, 0) is 4.79 Å². The summed E-state index contributed by atoms with van der Waals surface area (Å²) >= 11 is 1.37. The second kappa shape index (κ2) is 4.72. The molecule has 1 fully saturated rings. The third-order valence-corrected chi connectivity index (χ3v) is 2.65. The SMILES string of the molecule is O=C1SCC[C@@H]1NCCCF. The smallest absolute Gasteiger partial charge is 0.205 e. The first-order valence-corrected chi connectivity index (χ1v) is 4.79. The van der Waals surface area contributed by atoms with Gasteiger partial charge in [-0.05, 0) is 19.4 Å². The van der Waals surface area contributed by atoms with Gasteiger partial charge in [0.05, 0.1) is 12.7 Å². The van der Waals surface area contributed by atoms with E-state index in [9.17, 15) is 9.18 Å². The molecular formula is C7H12FNOS. The average Bonchev–Trinajstić information content (AvgIpc) is 2.37. The van der Waals surface area contributed by atoms with Crippen molar-refractivity contribution >= 4 is 16.9 Å². The third kappa shape index (κ3) is 2.79. The van der Waals surface area contributed by atoms with Crippen LogP contribution in [0.1, 0.15) is 12.8 Å². The van der Waals surface area contributed by atoms with Gasteiger partial charge in [-0.2, -0.15) is 0 Å². The van der Waals surface area contributed by atoms with Crippen molar-refractivity contribution in [3.63, 3.8) is 0 Å². The Kier molecular flexibility index (Phi) is 3.86. The van der Waals surface area contributed by atoms with Crippen molar-refractivity contribution < 1.29 is 9.18 Å². The lowest BCUT2D eigenvalue weighted by molar-refractivity contribution is -0.112. The van der Waals surface area contributed by atoms with Crippen molar-refractivity contribution in [1.29, 1.82) is 0 Å². The number of carbonyl (C=O) groups is 1. The van der Waals surface area contributed by atoms with E-state index >= 15 is 0 Å². The van der Waals surface area contributed by atoms with Gasteiger partial charge in [-0.3, -0.25) is 9.18 Å². The van der Waals surface area contributed by atoms with E-state index in [0.29, 0.717) is 13.0 Å². The number of halogens is 1. The molecule has 1 aliphatic rings. The van der Waals surface area contributed by atoms with E-state index in [1.807, 2.05) is 0 Å². The van der Waals surface area contributed by atoms with Gasteiger partial charge in [0.15, 0.2) is 0 Å². The molecule has 0 unspecified atom stereocenters. The number of hydrogen-bond acceptors (Lipinski definition) is 3. The summed E-state index contributed by atoms with van der Waals surface area (Å²) in [6, 6.07) is -0.00782. The predicted octanol–water partition coefficient (Wildman–Crippen LogP) is 0.968. The van der Waals surface area contributed by atoms with Crippen LogP contribution in [0.5, 0.6) is 0 Å². The monoisotopic (exact) mass is 177 g/mol. The Hall–Kier alpha value is -0.0900. The van der Waals surface area contributed by atoms with Crippen molar-refractivity contribution in [2.45, 2.75) is 18.9 Å². The summed E-state index contributed by atoms with van der Waals surface area (Å²) < 4.78 is 11.6. The standard InChI is InChI=1S/C7H12FNOS/c8-3-1-4-9-6-2-5-11-7(6)10/h6,9H,1-5H2/t6-/m0/s1. The fourth-order valence-corrected chi connectivity index (χ4v) is 1.98. The molecule has 1 rings (SSSR count). The summed E-state index contributed by atoms with van der Waals surface area (Å²) in [5, 5.41) is 3.23. The Morgan fingerprint density at radius 2 is 2.55 bits per heavy atom. The highest BCUT2D eigenvalue weighted by Gasteiger charge is 2.23. The van der Waals surface area contributed by atoms with E-state index in [1.54, 1.807) is 0 Å². The molecule has 0 saturated carbocycles. The Morgan fingerprint density at radius 3 is 3.09 bits per heavy atom. The Balaban J connectivity index is 2.10. The zero-order valence-corrected chi connectivity index (χ0v) is 7.12. The highest BCUT2D eigenvalue weighted by atomic mass is 32.2. The van der Waals surface area contributed by atoms with Crippen molar-refractivity contribution in [1.82, 2.24) is 5.32 Å². The third-order valence-electron chi connectivity index (χ3n) is 1.64. The van der Waals surface area contributed by atoms with Crippen LogP contribution in [0.15, 0.2) is 0 Å². The second-order valence-corrected chi connectivity index (χ2v) is 3.60. The van der Waals surface area contributed by atoms with Crippen molar-refractivity contribution in [3.05, 3.63) is 0 Å². The molecule has 1 heterocycles. The number of rotatable bonds is 4. The van der Waals surface area contributed by atoms with Crippen LogP contribution in [0.2, 0.25) is 0 Å². The van der Waals surface area contributed by atoms with E-state index < -0.39 is 0 Å². The second-order valence-electron chi connectivity index (χ2n) is 2.51. The minimum absolute atomic E-state index is 0.00782. The molecule has 1 saturated heterocycles. The summed E-state index contributed by atoms with van der Waals surface area (Å²) in [5.74, 6) is 0.909. The molecule has 0 spiro atoms. The maximum Gasteiger partial charge on any atom is 0.205 e. The summed E-state index contributed by atoms with van der Waals surface area (Å²) in [6.07, 6.45) is 1.41. The Labute approximate surface area is 69.9 Å². The number of carbonyl (C=O) groups excluding carboxylic acids is 1. The van der Waals surface area contributed by atoms with Crippen LogP contribution >= 0.6 is 11.8 Å². The van der Waals surface area contributed by atoms with Gasteiger partial charge < -0.3 is 5.32 Å². The van der Waals surface area contributed by atoms with Crippen LogP contribution < -0.4 is 5.32 Å². The van der Waals surface area contributed by atoms with E-state index in [4.69, 9.17) is 0 Å². The first-order valence-electron chi connectivity index (χ1n) is 3.80. The molecule has 0 aromatic heterocycles. The molecule has 0 radical (unpaired) electrons. The summed E-state index contributed by atoms with van der Waals surface area (Å²) in [6.45, 7) is 0.314. The van der Waals surface area contributed by atoms with Gasteiger partial charge in [0.25, 0.3) is 0 Å². The molecule has 4 heteroatoms. The minimum atomic E-state index is -0.305. The zero-order valence-electron chi connectivity index (χ0n) is 6.31. The van der Waals surface area contributed by atoms with E-state index in [2.05, 4.69) is 5.32 Å². The van der Waals surface area contributed by atoms with Gasteiger partial charge in [0.2, 0.25) is 5.12 Å². The van der Waals surface area contributed by atoms with Crippen molar-refractivity contribution in [3.8, 4) is 0 Å². The van der Waals surface area contributed by atoms with Crippen LogP contribution in [0, 0.1) is 0 Å². The van der Waals surface area contributed by atoms with E-state index in [0.717, 1.165) is 12.2 Å². The molecule has 0 bridgehead atoms. The van der Waals surface area contributed by atoms with Crippen LogP contribution in [0.25, 0.3) is 0 Å². The number of nitrogens with one attached hydrogen (secondary N) is 1. The van der Waals surface area contributed by atoms with Gasteiger partial charge >= 0.3 is 0 Å². The molecule has 1 atom stereocenters. The average molecular weight is 177 g/mol. The predicted molar refractivity (Wildman–Crippen MR) is 44.5 cm³/mol. The lowest BCUT2D eigenvalue weighted by Crippen LogP contribution is -2.32. The first-order chi connectivity index (χ1) is 5.34. The largest absolute Gasteiger partial charge is 0.307 e. The van der Waals surface area contributed by atoms with E-state index in [-0.39, 0.29) is 17.8 Å². The Morgan fingerprint density at radius 1 is 1.73 bits per heavy atom. The molecule has 2 nitrogen and oxygen atoms in total. The fraction of sp³-hybridized carbons (Fsp3) is 0.857. The topological polar surface area (TPSA) is 29.1 Å². The van der Waals surface area contributed by atoms with E-state index in [1.165, 1.54) is 11.8 Å². The van der Waals surface area contributed by atoms with Crippen LogP contribution in [-0.4, -0.2) is 30.1 Å². The normalized spacial score (nSPS) is 24.5. The summed E-state index contributed by atoms with van der Waals surface area (Å²) in [4.78, 5) is 11.0. The van der Waals surface area contributed by atoms with Gasteiger partial charge in [-0.1, -0.05) is 11.8 Å². The van der Waals surface area contributed by atoms with Crippen LogP contribution in [0.4, 0.5) is 4.39 Å². The van der Waals surface area contributed by atoms with Crippen LogP contribution in [0.3, 0.4) is 0 Å². The highest BCUT2D eigenvalue weighted by molar-refractivity contribution is 8.14. The molecule has 1 aliphatic heterocycles. The van der Waals surface area contributed by atoms with Gasteiger partial charge in [0, 0.05) is 5.75 Å². The minimum Gasteiger partial charge on any atom is -0.307 e. The highest BCUT2D eigenvalue weighted by Crippen LogP contribution is 2.18. The molecule has 0 amide bonds. The van der Waals surface area contributed by atoms with Gasteiger partial charge in [-0.25, -0.2) is 0 Å². The van der Waals surface area contributed by atoms with Crippen molar-refractivity contribution in [2.75, 3.05) is 19.0 Å². The molecule has 0 aromatic carbocycles. The number of alkyl halides is 1. The fourth-order valence-electron chi connectivity index (χ4n) is 1.02. The maximum absolute atomic E-state index is 11.6. The lowest BCUT2D eigenvalue weighted by Gasteiger charge is -2.07. The molecule has 0 aromatic rings. The van der Waals surface area contributed by atoms with Gasteiger partial charge in [-0.15, -0.1) is 0 Å². The molecule has 0 aliphatic carbocycles. The summed E-state index contributed by atoms with van der Waals surface area (Å²) in [7, 11) is 0. The quantitative estimate of drug-likeness (QED) is 0.649. The molecular weight excluding hydrogens is 165 g/mol. The van der Waals surface area contributed by atoms with Crippen molar-refractivity contribution in [2.24, 2.45) is 0 Å². The molecule has 11 heavy (non-hydrogen) atoms.